The number of fused-ring (bicyclic) bond motifs is 2. The Balaban J connectivity index is 1.54. The molecular weight excluding hydrogens is 230 g/mol. The molecule has 0 amide bonds. The van der Waals surface area contributed by atoms with Gasteiger partial charge in [-0.05, 0) is 55.4 Å². The molecule has 3 rings (SSSR count). The third-order valence-electron chi connectivity index (χ3n) is 3.97. The summed E-state index contributed by atoms with van der Waals surface area (Å²) in [5, 5.41) is 7.37. The molecule has 0 radical (unpaired) electrons. The summed E-state index contributed by atoms with van der Waals surface area (Å²) in [6.45, 7) is 0. The first-order valence-corrected chi connectivity index (χ1v) is 6.69. The summed E-state index contributed by atoms with van der Waals surface area (Å²) in [6, 6.07) is 4.47. The monoisotopic (exact) mass is 247 g/mol. The maximum atomic E-state index is 5.34. The van der Waals surface area contributed by atoms with Crippen LogP contribution in [0, 0.1) is 11.8 Å². The van der Waals surface area contributed by atoms with E-state index in [1.807, 2.05) is 12.1 Å². The smallest absolute Gasteiger partial charge is 0.171 e. The van der Waals surface area contributed by atoms with Gasteiger partial charge in [-0.25, -0.2) is 0 Å². The first-order chi connectivity index (χ1) is 8.31. The summed E-state index contributed by atoms with van der Waals surface area (Å²) >= 11 is 5.34. The molecule has 17 heavy (non-hydrogen) atoms. The Morgan fingerprint density at radius 3 is 2.94 bits per heavy atom. The second-order valence-corrected chi connectivity index (χ2v) is 5.53. The second kappa shape index (κ2) is 4.61. The number of nitrogens with one attached hydrogen (secondary N) is 2. The lowest BCUT2D eigenvalue weighted by Gasteiger charge is -2.24. The third-order valence-corrected chi connectivity index (χ3v) is 4.19. The van der Waals surface area contributed by atoms with Gasteiger partial charge in [-0.1, -0.05) is 6.42 Å². The van der Waals surface area contributed by atoms with Gasteiger partial charge in [0.05, 0.1) is 11.9 Å². The average molecular weight is 247 g/mol. The van der Waals surface area contributed by atoms with Crippen molar-refractivity contribution in [1.82, 2.24) is 10.3 Å². The second-order valence-electron chi connectivity index (χ2n) is 5.12. The number of hydrogen-bond donors (Lipinski definition) is 2. The molecule has 3 unspecified atom stereocenters. The highest BCUT2D eigenvalue weighted by Crippen LogP contribution is 2.44. The lowest BCUT2D eigenvalue weighted by molar-refractivity contribution is 0.392. The fraction of sp³-hybridized carbons (Fsp3) is 0.538. The van der Waals surface area contributed by atoms with Gasteiger partial charge in [-0.15, -0.1) is 0 Å². The molecule has 2 N–H and O–H groups in total. The molecule has 4 heteroatoms. The van der Waals surface area contributed by atoms with E-state index in [0.29, 0.717) is 6.04 Å². The van der Waals surface area contributed by atoms with Crippen molar-refractivity contribution in [2.24, 2.45) is 11.8 Å². The lowest BCUT2D eigenvalue weighted by atomic mass is 9.96. The highest BCUT2D eigenvalue weighted by Gasteiger charge is 2.39. The molecule has 2 bridgehead atoms. The Kier molecular flexibility index (Phi) is 2.97. The summed E-state index contributed by atoms with van der Waals surface area (Å²) in [7, 11) is 0. The number of rotatable bonds is 2. The van der Waals surface area contributed by atoms with Crippen LogP contribution in [-0.4, -0.2) is 16.1 Å². The summed E-state index contributed by atoms with van der Waals surface area (Å²) in [5.41, 5.74) is 0.952. The number of pyridine rings is 1. The topological polar surface area (TPSA) is 37.0 Å². The maximum Gasteiger partial charge on any atom is 0.171 e. The van der Waals surface area contributed by atoms with Crippen molar-refractivity contribution in [3.05, 3.63) is 24.5 Å². The van der Waals surface area contributed by atoms with Crippen LogP contribution in [0.25, 0.3) is 0 Å². The zero-order chi connectivity index (χ0) is 11.7. The molecule has 0 aliphatic heterocycles. The van der Waals surface area contributed by atoms with Crippen molar-refractivity contribution in [2.75, 3.05) is 5.32 Å². The normalized spacial score (nSPS) is 30.2. The molecule has 1 heterocycles. The molecule has 2 saturated carbocycles. The summed E-state index contributed by atoms with van der Waals surface area (Å²) in [5.74, 6) is 1.78. The van der Waals surface area contributed by atoms with Crippen LogP contribution in [0.5, 0.6) is 0 Å². The minimum absolute atomic E-state index is 0.588. The highest BCUT2D eigenvalue weighted by atomic mass is 32.1. The minimum atomic E-state index is 0.588. The van der Waals surface area contributed by atoms with E-state index in [-0.39, 0.29) is 0 Å². The molecule has 2 aliphatic rings. The van der Waals surface area contributed by atoms with Crippen LogP contribution in [0.2, 0.25) is 0 Å². The SMILES string of the molecule is S=C(Nc1cccnc1)NC1CC2CCC1C2. The predicted molar refractivity (Wildman–Crippen MR) is 72.8 cm³/mol. The van der Waals surface area contributed by atoms with Gasteiger partial charge in [0.15, 0.2) is 5.11 Å². The molecule has 90 valence electrons. The summed E-state index contributed by atoms with van der Waals surface area (Å²) < 4.78 is 0. The standard InChI is InChI=1S/C13H17N3S/c17-13(15-11-2-1-5-14-8-11)16-12-7-9-3-4-10(12)6-9/h1-2,5,8-10,12H,3-4,6-7H2,(H2,15,16,17). The van der Waals surface area contributed by atoms with E-state index in [2.05, 4.69) is 15.6 Å². The molecule has 0 aromatic carbocycles. The molecule has 3 atom stereocenters. The van der Waals surface area contributed by atoms with Crippen LogP contribution in [-0.2, 0) is 0 Å². The predicted octanol–water partition coefficient (Wildman–Crippen LogP) is 2.56. The summed E-state index contributed by atoms with van der Waals surface area (Å²) in [4.78, 5) is 4.06. The number of anilines is 1. The minimum Gasteiger partial charge on any atom is -0.359 e. The Hall–Kier alpha value is -1.16. The quantitative estimate of drug-likeness (QED) is 0.788. The molecule has 3 nitrogen and oxygen atoms in total. The van der Waals surface area contributed by atoms with E-state index >= 15 is 0 Å². The van der Waals surface area contributed by atoms with Crippen molar-refractivity contribution in [2.45, 2.75) is 31.7 Å². The zero-order valence-electron chi connectivity index (χ0n) is 9.73. The number of thiocarbonyl (C=S) groups is 1. The molecule has 1 aromatic heterocycles. The van der Waals surface area contributed by atoms with Gasteiger partial charge in [-0.3, -0.25) is 4.98 Å². The highest BCUT2D eigenvalue weighted by molar-refractivity contribution is 7.80. The Morgan fingerprint density at radius 2 is 2.29 bits per heavy atom. The van der Waals surface area contributed by atoms with E-state index in [1.165, 1.54) is 25.7 Å². The van der Waals surface area contributed by atoms with Crippen LogP contribution < -0.4 is 10.6 Å². The van der Waals surface area contributed by atoms with Gasteiger partial charge in [0.1, 0.15) is 0 Å². The number of hydrogen-bond acceptors (Lipinski definition) is 2. The molecular formula is C13H17N3S. The van der Waals surface area contributed by atoms with Crippen molar-refractivity contribution in [3.8, 4) is 0 Å². The third kappa shape index (κ3) is 2.41. The summed E-state index contributed by atoms with van der Waals surface area (Å²) in [6.07, 6.45) is 9.03. The largest absolute Gasteiger partial charge is 0.359 e. The zero-order valence-corrected chi connectivity index (χ0v) is 10.5. The van der Waals surface area contributed by atoms with Gasteiger partial charge in [0, 0.05) is 12.2 Å². The van der Waals surface area contributed by atoms with Gasteiger partial charge >= 0.3 is 0 Å². The Labute approximate surface area is 107 Å². The Morgan fingerprint density at radius 1 is 1.35 bits per heavy atom. The van der Waals surface area contributed by atoms with Gasteiger partial charge in [-0.2, -0.15) is 0 Å². The van der Waals surface area contributed by atoms with Gasteiger partial charge in [0.2, 0.25) is 0 Å². The van der Waals surface area contributed by atoms with Crippen LogP contribution in [0.15, 0.2) is 24.5 Å². The van der Waals surface area contributed by atoms with Crippen molar-refractivity contribution < 1.29 is 0 Å². The van der Waals surface area contributed by atoms with Crippen LogP contribution in [0.1, 0.15) is 25.7 Å². The van der Waals surface area contributed by atoms with E-state index in [9.17, 15) is 0 Å². The van der Waals surface area contributed by atoms with E-state index in [1.54, 1.807) is 12.4 Å². The van der Waals surface area contributed by atoms with Crippen LogP contribution >= 0.6 is 12.2 Å². The number of aromatic nitrogens is 1. The molecule has 2 aliphatic carbocycles. The maximum absolute atomic E-state index is 5.34. The number of nitrogens with zero attached hydrogens (tertiary/aromatic N) is 1. The van der Waals surface area contributed by atoms with Crippen molar-refractivity contribution >= 4 is 23.0 Å². The van der Waals surface area contributed by atoms with E-state index in [4.69, 9.17) is 12.2 Å². The molecule has 0 saturated heterocycles. The molecule has 2 fully saturated rings. The average Bonchev–Trinajstić information content (AvgIpc) is 2.92. The van der Waals surface area contributed by atoms with Crippen LogP contribution in [0.3, 0.4) is 0 Å². The fourth-order valence-corrected chi connectivity index (χ4v) is 3.46. The first-order valence-electron chi connectivity index (χ1n) is 6.29. The van der Waals surface area contributed by atoms with E-state index in [0.717, 1.165) is 22.6 Å². The van der Waals surface area contributed by atoms with Crippen LogP contribution in [0.4, 0.5) is 5.69 Å². The molecule has 1 aromatic rings. The molecule has 0 spiro atoms. The van der Waals surface area contributed by atoms with Crippen molar-refractivity contribution in [1.29, 1.82) is 0 Å². The first kappa shape index (κ1) is 11.0. The van der Waals surface area contributed by atoms with Gasteiger partial charge < -0.3 is 10.6 Å². The lowest BCUT2D eigenvalue weighted by Crippen LogP contribution is -2.40. The van der Waals surface area contributed by atoms with E-state index < -0.39 is 0 Å². The van der Waals surface area contributed by atoms with Crippen molar-refractivity contribution in [3.63, 3.8) is 0 Å². The fourth-order valence-electron chi connectivity index (χ4n) is 3.19. The van der Waals surface area contributed by atoms with Gasteiger partial charge in [0.25, 0.3) is 0 Å². The Bertz CT molecular complexity index is 406.